The Morgan fingerprint density at radius 3 is 2.30 bits per heavy atom. The molecule has 1 amide bonds. The standard InChI is InChI=1S/C12H13F4NO3/c1-11(2,3)20-10(18)17-9-6-7(4-5-8(9)13)19-12(14,15)16/h4-6H,1-3H3,(H,17,18). The number of hydrogen-bond acceptors (Lipinski definition) is 3. The second-order valence-corrected chi connectivity index (χ2v) is 4.82. The van der Waals surface area contributed by atoms with Gasteiger partial charge in [0.05, 0.1) is 5.69 Å². The third kappa shape index (κ3) is 5.77. The zero-order valence-electron chi connectivity index (χ0n) is 11.0. The van der Waals surface area contributed by atoms with Crippen LogP contribution in [0.5, 0.6) is 5.75 Å². The highest BCUT2D eigenvalue weighted by molar-refractivity contribution is 5.85. The van der Waals surface area contributed by atoms with Crippen molar-refractivity contribution in [1.29, 1.82) is 0 Å². The normalized spacial score (nSPS) is 11.9. The topological polar surface area (TPSA) is 47.6 Å². The Bertz CT molecular complexity index is 494. The molecule has 0 aliphatic carbocycles. The van der Waals surface area contributed by atoms with Crippen molar-refractivity contribution >= 4 is 11.8 Å². The molecular formula is C12H13F4NO3. The molecule has 0 radical (unpaired) electrons. The number of hydrogen-bond donors (Lipinski definition) is 1. The molecule has 4 nitrogen and oxygen atoms in total. The summed E-state index contributed by atoms with van der Waals surface area (Å²) in [4.78, 5) is 11.4. The van der Waals surface area contributed by atoms with Crippen LogP contribution in [0.15, 0.2) is 18.2 Å². The summed E-state index contributed by atoms with van der Waals surface area (Å²) in [5.41, 5.74) is -1.29. The van der Waals surface area contributed by atoms with Gasteiger partial charge in [-0.3, -0.25) is 5.32 Å². The minimum atomic E-state index is -4.90. The minimum Gasteiger partial charge on any atom is -0.444 e. The van der Waals surface area contributed by atoms with Gasteiger partial charge < -0.3 is 9.47 Å². The van der Waals surface area contributed by atoms with Crippen molar-refractivity contribution in [3.05, 3.63) is 24.0 Å². The van der Waals surface area contributed by atoms with Crippen molar-refractivity contribution in [1.82, 2.24) is 0 Å². The number of carbonyl (C=O) groups excluding carboxylic acids is 1. The molecule has 1 aromatic carbocycles. The van der Waals surface area contributed by atoms with Gasteiger partial charge in [-0.25, -0.2) is 9.18 Å². The molecule has 0 saturated carbocycles. The van der Waals surface area contributed by atoms with Crippen molar-refractivity contribution in [3.63, 3.8) is 0 Å². The molecule has 8 heteroatoms. The van der Waals surface area contributed by atoms with E-state index in [1.54, 1.807) is 20.8 Å². The van der Waals surface area contributed by atoms with E-state index in [1.807, 2.05) is 5.32 Å². The predicted molar refractivity (Wildman–Crippen MR) is 62.9 cm³/mol. The zero-order chi connectivity index (χ0) is 15.6. The Hall–Kier alpha value is -1.99. The first kappa shape index (κ1) is 16.1. The molecule has 0 aliphatic heterocycles. The number of nitrogens with one attached hydrogen (secondary N) is 1. The number of alkyl halides is 3. The lowest BCUT2D eigenvalue weighted by molar-refractivity contribution is -0.274. The van der Waals surface area contributed by atoms with Gasteiger partial charge in [0.1, 0.15) is 17.2 Å². The summed E-state index contributed by atoms with van der Waals surface area (Å²) < 4.78 is 58.0. The fourth-order valence-electron chi connectivity index (χ4n) is 1.21. The Balaban J connectivity index is 2.84. The van der Waals surface area contributed by atoms with Crippen LogP contribution in [-0.4, -0.2) is 18.1 Å². The summed E-state index contributed by atoms with van der Waals surface area (Å²) in [6.45, 7) is 4.77. The third-order valence-corrected chi connectivity index (χ3v) is 1.81. The first-order valence-corrected chi connectivity index (χ1v) is 5.51. The number of anilines is 1. The molecule has 1 aromatic rings. The van der Waals surface area contributed by atoms with E-state index < -0.39 is 35.3 Å². The predicted octanol–water partition coefficient (Wildman–Crippen LogP) is 4.07. The summed E-state index contributed by atoms with van der Waals surface area (Å²) in [6.07, 6.45) is -5.89. The van der Waals surface area contributed by atoms with E-state index in [9.17, 15) is 22.4 Å². The lowest BCUT2D eigenvalue weighted by Gasteiger charge is -2.20. The number of halogens is 4. The molecule has 0 saturated heterocycles. The van der Waals surface area contributed by atoms with Crippen LogP contribution >= 0.6 is 0 Å². The number of ether oxygens (including phenoxy) is 2. The van der Waals surface area contributed by atoms with E-state index in [1.165, 1.54) is 0 Å². The SMILES string of the molecule is CC(C)(C)OC(=O)Nc1cc(OC(F)(F)F)ccc1F. The van der Waals surface area contributed by atoms with Gasteiger partial charge in [0, 0.05) is 6.07 Å². The number of rotatable bonds is 2. The van der Waals surface area contributed by atoms with Crippen LogP contribution in [0.1, 0.15) is 20.8 Å². The summed E-state index contributed by atoms with van der Waals surface area (Å²) in [7, 11) is 0. The van der Waals surface area contributed by atoms with Crippen LogP contribution in [0.25, 0.3) is 0 Å². The van der Waals surface area contributed by atoms with Gasteiger partial charge in [-0.2, -0.15) is 0 Å². The van der Waals surface area contributed by atoms with E-state index in [2.05, 4.69) is 4.74 Å². The molecule has 0 bridgehead atoms. The summed E-state index contributed by atoms with van der Waals surface area (Å²) in [5.74, 6) is -1.56. The maximum Gasteiger partial charge on any atom is 0.573 e. The molecule has 20 heavy (non-hydrogen) atoms. The van der Waals surface area contributed by atoms with Gasteiger partial charge in [0.15, 0.2) is 0 Å². The fourth-order valence-corrected chi connectivity index (χ4v) is 1.21. The highest BCUT2D eigenvalue weighted by Gasteiger charge is 2.31. The van der Waals surface area contributed by atoms with Crippen LogP contribution in [0.2, 0.25) is 0 Å². The summed E-state index contributed by atoms with van der Waals surface area (Å²) in [6, 6.07) is 2.25. The Morgan fingerprint density at radius 2 is 1.80 bits per heavy atom. The molecule has 0 aliphatic rings. The van der Waals surface area contributed by atoms with Gasteiger partial charge in [-0.15, -0.1) is 13.2 Å². The monoisotopic (exact) mass is 295 g/mol. The van der Waals surface area contributed by atoms with Crippen LogP contribution in [-0.2, 0) is 4.74 Å². The van der Waals surface area contributed by atoms with Crippen molar-refractivity contribution in [2.75, 3.05) is 5.32 Å². The third-order valence-electron chi connectivity index (χ3n) is 1.81. The van der Waals surface area contributed by atoms with E-state index in [-0.39, 0.29) is 0 Å². The van der Waals surface area contributed by atoms with Crippen molar-refractivity contribution in [2.24, 2.45) is 0 Å². The summed E-state index contributed by atoms with van der Waals surface area (Å²) >= 11 is 0. The molecule has 0 spiro atoms. The molecule has 0 heterocycles. The molecule has 112 valence electrons. The van der Waals surface area contributed by atoms with Gasteiger partial charge in [0.2, 0.25) is 0 Å². The van der Waals surface area contributed by atoms with Crippen molar-refractivity contribution < 1.29 is 31.8 Å². The molecule has 0 unspecified atom stereocenters. The quantitative estimate of drug-likeness (QED) is 0.837. The molecular weight excluding hydrogens is 282 g/mol. The maximum atomic E-state index is 13.4. The Kier molecular flexibility index (Phi) is 4.46. The zero-order valence-corrected chi connectivity index (χ0v) is 11.0. The average Bonchev–Trinajstić information content (AvgIpc) is 2.18. The van der Waals surface area contributed by atoms with Crippen LogP contribution in [0, 0.1) is 5.82 Å². The van der Waals surface area contributed by atoms with Crippen LogP contribution in [0.3, 0.4) is 0 Å². The highest BCUT2D eigenvalue weighted by Crippen LogP contribution is 2.27. The number of amides is 1. The van der Waals surface area contributed by atoms with Gasteiger partial charge in [-0.1, -0.05) is 0 Å². The van der Waals surface area contributed by atoms with Gasteiger partial charge in [-0.05, 0) is 32.9 Å². The van der Waals surface area contributed by atoms with Gasteiger partial charge >= 0.3 is 12.5 Å². The van der Waals surface area contributed by atoms with Gasteiger partial charge in [0.25, 0.3) is 0 Å². The lowest BCUT2D eigenvalue weighted by atomic mass is 10.2. The molecule has 0 atom stereocenters. The van der Waals surface area contributed by atoms with Crippen LogP contribution in [0.4, 0.5) is 28.0 Å². The fraction of sp³-hybridized carbons (Fsp3) is 0.417. The lowest BCUT2D eigenvalue weighted by Crippen LogP contribution is -2.27. The minimum absolute atomic E-state index is 0.471. The number of carbonyl (C=O) groups is 1. The first-order valence-electron chi connectivity index (χ1n) is 5.51. The van der Waals surface area contributed by atoms with E-state index in [0.29, 0.717) is 6.07 Å². The van der Waals surface area contributed by atoms with Crippen molar-refractivity contribution in [2.45, 2.75) is 32.7 Å². The Morgan fingerprint density at radius 1 is 1.20 bits per heavy atom. The molecule has 1 rings (SSSR count). The molecule has 0 aromatic heterocycles. The molecule has 1 N–H and O–H groups in total. The first-order chi connectivity index (χ1) is 8.96. The van der Waals surface area contributed by atoms with Crippen molar-refractivity contribution in [3.8, 4) is 5.75 Å². The van der Waals surface area contributed by atoms with E-state index >= 15 is 0 Å². The van der Waals surface area contributed by atoms with Crippen LogP contribution < -0.4 is 10.1 Å². The smallest absolute Gasteiger partial charge is 0.444 e. The summed E-state index contributed by atoms with van der Waals surface area (Å²) in [5, 5.41) is 2.01. The molecule has 0 fully saturated rings. The average molecular weight is 295 g/mol. The second-order valence-electron chi connectivity index (χ2n) is 4.82. The van der Waals surface area contributed by atoms with E-state index in [4.69, 9.17) is 4.74 Å². The number of benzene rings is 1. The largest absolute Gasteiger partial charge is 0.573 e. The Labute approximate surface area is 112 Å². The second kappa shape index (κ2) is 5.56. The van der Waals surface area contributed by atoms with E-state index in [0.717, 1.165) is 12.1 Å². The maximum absolute atomic E-state index is 13.4. The highest BCUT2D eigenvalue weighted by atomic mass is 19.4.